The molecule has 8 aromatic rings. The topological polar surface area (TPSA) is 44.2 Å². The van der Waals surface area contributed by atoms with Crippen molar-refractivity contribution in [2.24, 2.45) is 0 Å². The number of aryl methyl sites for hydroxylation is 2. The normalized spacial score (nSPS) is 13.7. The monoisotopic (exact) mass is 1000 g/mol. The van der Waals surface area contributed by atoms with Crippen molar-refractivity contribution in [1.29, 1.82) is 0 Å². The molecule has 0 radical (unpaired) electrons. The molecule has 8 heteroatoms. The van der Waals surface area contributed by atoms with E-state index in [1.165, 1.54) is 50.1 Å². The Labute approximate surface area is 392 Å². The highest BCUT2D eigenvalue weighted by Gasteiger charge is 2.51. The van der Waals surface area contributed by atoms with Gasteiger partial charge >= 0.3 is 7.12 Å². The van der Waals surface area contributed by atoms with Crippen molar-refractivity contribution in [3.63, 3.8) is 0 Å². The molecule has 1 saturated heterocycles. The molecule has 1 aliphatic rings. The minimum atomic E-state index is -0.343. The van der Waals surface area contributed by atoms with Crippen LogP contribution in [0.5, 0.6) is 0 Å². The summed E-state index contributed by atoms with van der Waals surface area (Å²) >= 11 is 10.6. The molecule has 310 valence electrons. The molecule has 0 bridgehead atoms. The second-order valence-corrected chi connectivity index (χ2v) is 18.9. The van der Waals surface area contributed by atoms with Crippen LogP contribution in [0, 0.1) is 13.8 Å². The van der Waals surface area contributed by atoms with Crippen LogP contribution in [0.2, 0.25) is 0 Å². The first-order valence-electron chi connectivity index (χ1n) is 20.5. The third kappa shape index (κ3) is 11.2. The Morgan fingerprint density at radius 3 is 1.32 bits per heavy atom. The molecule has 1 aliphatic heterocycles. The van der Waals surface area contributed by atoms with Crippen molar-refractivity contribution >= 4 is 60.4 Å². The van der Waals surface area contributed by atoms with Gasteiger partial charge in [-0.15, -0.1) is 0 Å². The fraction of sp³-hybridized carbons (Fsp3) is 0.148. The van der Waals surface area contributed by atoms with Crippen molar-refractivity contribution in [2.45, 2.75) is 52.7 Å². The third-order valence-electron chi connectivity index (χ3n) is 11.2. The third-order valence-corrected chi connectivity index (χ3v) is 12.5. The maximum absolute atomic E-state index is 6.15. The van der Waals surface area contributed by atoms with Crippen molar-refractivity contribution in [2.75, 3.05) is 0 Å². The van der Waals surface area contributed by atoms with E-state index < -0.39 is 0 Å². The average Bonchev–Trinajstić information content (AvgIpc) is 3.51. The van der Waals surface area contributed by atoms with Crippen molar-refractivity contribution in [1.82, 2.24) is 9.97 Å². The highest BCUT2D eigenvalue weighted by molar-refractivity contribution is 9.11. The van der Waals surface area contributed by atoms with Crippen LogP contribution in [-0.4, -0.2) is 28.3 Å². The molecule has 0 aliphatic carbocycles. The minimum absolute atomic E-state index is 0.326. The van der Waals surface area contributed by atoms with Crippen LogP contribution in [0.4, 0.5) is 0 Å². The van der Waals surface area contributed by atoms with Crippen molar-refractivity contribution in [3.8, 4) is 55.8 Å². The SMILES string of the molecule is CC1(C)OB(c2cc(Br)cc(-c3ccccc3)c2)OC1(C)C.Cc1cnc(-c2cc(Br)cc(-c3ccccc3)c2)cc1-c1ccccc1.Cc1cnc(Br)cc1-c1ccccc1. The van der Waals surface area contributed by atoms with Crippen LogP contribution < -0.4 is 5.46 Å². The van der Waals surface area contributed by atoms with Gasteiger partial charge in [-0.2, -0.15) is 0 Å². The number of halogens is 3. The van der Waals surface area contributed by atoms with Gasteiger partial charge in [0.15, 0.2) is 0 Å². The Bertz CT molecular complexity index is 2730. The molecule has 1 fully saturated rings. The second kappa shape index (κ2) is 20.0. The number of hydrogen-bond donors (Lipinski definition) is 0. The summed E-state index contributed by atoms with van der Waals surface area (Å²) in [4.78, 5) is 8.87. The standard InChI is InChI=1S/C24H18BrN.C18H20BBrO2.C12H10BrN/c1-17-16-26-24(15-23(17)19-10-6-3-7-11-19)21-12-20(13-22(25)14-21)18-8-4-2-5-9-18;1-17(2)18(3,4)22-19(21-17)15-10-14(11-16(20)12-15)13-8-6-5-7-9-13;1-9-8-14-12(13)7-11(9)10-5-3-2-4-6-10/h2-16H,1H3;5-12H,1-4H3;2-8H,1H3. The molecule has 0 atom stereocenters. The van der Waals surface area contributed by atoms with Crippen molar-refractivity contribution < 1.29 is 9.31 Å². The van der Waals surface area contributed by atoms with Crippen LogP contribution in [0.15, 0.2) is 196 Å². The fourth-order valence-electron chi connectivity index (χ4n) is 7.10. The summed E-state index contributed by atoms with van der Waals surface area (Å²) in [6.45, 7) is 12.5. The molecule has 0 saturated carbocycles. The van der Waals surface area contributed by atoms with Crippen LogP contribution >= 0.6 is 47.8 Å². The number of aromatic nitrogens is 2. The predicted octanol–water partition coefficient (Wildman–Crippen LogP) is 15.4. The molecule has 62 heavy (non-hydrogen) atoms. The number of nitrogens with zero attached hydrogens (tertiary/aromatic N) is 2. The van der Waals surface area contributed by atoms with E-state index in [0.29, 0.717) is 0 Å². The first-order valence-corrected chi connectivity index (χ1v) is 22.9. The van der Waals surface area contributed by atoms with Gasteiger partial charge in [-0.3, -0.25) is 4.98 Å². The van der Waals surface area contributed by atoms with Gasteiger partial charge in [0, 0.05) is 26.9 Å². The smallest absolute Gasteiger partial charge is 0.399 e. The van der Waals surface area contributed by atoms with E-state index in [1.54, 1.807) is 0 Å². The highest BCUT2D eigenvalue weighted by atomic mass is 79.9. The van der Waals surface area contributed by atoms with E-state index in [0.717, 1.165) is 35.8 Å². The lowest BCUT2D eigenvalue weighted by Crippen LogP contribution is -2.41. The lowest BCUT2D eigenvalue weighted by molar-refractivity contribution is 0.00578. The first kappa shape index (κ1) is 45.1. The van der Waals surface area contributed by atoms with Gasteiger partial charge in [0.25, 0.3) is 0 Å². The maximum atomic E-state index is 6.15. The number of hydrogen-bond acceptors (Lipinski definition) is 4. The molecule has 0 amide bonds. The Kier molecular flexibility index (Phi) is 14.6. The van der Waals surface area contributed by atoms with Gasteiger partial charge in [0.05, 0.1) is 16.9 Å². The number of pyridine rings is 2. The van der Waals surface area contributed by atoms with E-state index in [2.05, 4.69) is 215 Å². The summed E-state index contributed by atoms with van der Waals surface area (Å²) in [7, 11) is -0.343. The van der Waals surface area contributed by atoms with Crippen LogP contribution in [0.25, 0.3) is 55.8 Å². The molecule has 4 nitrogen and oxygen atoms in total. The second-order valence-electron chi connectivity index (χ2n) is 16.3. The zero-order valence-electron chi connectivity index (χ0n) is 35.7. The zero-order valence-corrected chi connectivity index (χ0v) is 40.5. The Morgan fingerprint density at radius 1 is 0.419 bits per heavy atom. The average molecular weight is 1010 g/mol. The Balaban J connectivity index is 0.000000146. The van der Waals surface area contributed by atoms with Gasteiger partial charge in [-0.1, -0.05) is 159 Å². The molecule has 3 heterocycles. The van der Waals surface area contributed by atoms with Crippen LogP contribution in [0.3, 0.4) is 0 Å². The summed E-state index contributed by atoms with van der Waals surface area (Å²) in [5.74, 6) is 0. The van der Waals surface area contributed by atoms with Crippen LogP contribution in [-0.2, 0) is 9.31 Å². The van der Waals surface area contributed by atoms with E-state index in [9.17, 15) is 0 Å². The van der Waals surface area contributed by atoms with Crippen molar-refractivity contribution in [3.05, 3.63) is 207 Å². The number of benzene rings is 6. The molecular formula is C54H48BBr3N2O2. The predicted molar refractivity (Wildman–Crippen MR) is 270 cm³/mol. The fourth-order valence-corrected chi connectivity index (χ4v) is 8.43. The van der Waals surface area contributed by atoms with E-state index in [4.69, 9.17) is 9.31 Å². The molecular weight excluding hydrogens is 959 g/mol. The molecule has 2 aromatic heterocycles. The Morgan fingerprint density at radius 2 is 0.823 bits per heavy atom. The van der Waals surface area contributed by atoms with E-state index in [-0.39, 0.29) is 18.3 Å². The first-order chi connectivity index (χ1) is 29.8. The van der Waals surface area contributed by atoms with Gasteiger partial charge in [-0.05, 0) is 161 Å². The van der Waals surface area contributed by atoms with E-state index in [1.807, 2.05) is 67.0 Å². The molecule has 6 aromatic carbocycles. The minimum Gasteiger partial charge on any atom is -0.399 e. The molecule has 0 unspecified atom stereocenters. The lowest BCUT2D eigenvalue weighted by Gasteiger charge is -2.32. The molecule has 0 N–H and O–H groups in total. The molecule has 0 spiro atoms. The summed E-state index contributed by atoms with van der Waals surface area (Å²) in [5.41, 5.74) is 14.4. The van der Waals surface area contributed by atoms with Crippen LogP contribution in [0.1, 0.15) is 38.8 Å². The highest BCUT2D eigenvalue weighted by Crippen LogP contribution is 2.37. The van der Waals surface area contributed by atoms with E-state index >= 15 is 0 Å². The summed E-state index contributed by atoms with van der Waals surface area (Å²) < 4.78 is 15.3. The summed E-state index contributed by atoms with van der Waals surface area (Å²) in [6.07, 6.45) is 3.84. The Hall–Kier alpha value is -4.96. The number of rotatable bonds is 6. The summed E-state index contributed by atoms with van der Waals surface area (Å²) in [5, 5.41) is 0. The largest absolute Gasteiger partial charge is 0.494 e. The van der Waals surface area contributed by atoms with Gasteiger partial charge in [-0.25, -0.2) is 4.98 Å². The summed E-state index contributed by atoms with van der Waals surface area (Å²) in [6, 6.07) is 58.6. The quantitative estimate of drug-likeness (QED) is 0.123. The molecule has 9 rings (SSSR count). The zero-order chi connectivity index (χ0) is 43.9. The van der Waals surface area contributed by atoms with Gasteiger partial charge < -0.3 is 9.31 Å². The van der Waals surface area contributed by atoms with Gasteiger partial charge in [0.1, 0.15) is 4.60 Å². The maximum Gasteiger partial charge on any atom is 0.494 e. The van der Waals surface area contributed by atoms with Gasteiger partial charge in [0.2, 0.25) is 0 Å². The lowest BCUT2D eigenvalue weighted by atomic mass is 9.78.